The molecule has 1 aromatic carbocycles. The number of halogens is 3. The Kier molecular flexibility index (Phi) is 4.79. The molecular formula is C12H10Cl3N3S. The molecule has 1 heterocycles. The molecule has 0 fully saturated rings. The Morgan fingerprint density at radius 2 is 1.84 bits per heavy atom. The highest BCUT2D eigenvalue weighted by Crippen LogP contribution is 2.35. The highest BCUT2D eigenvalue weighted by Gasteiger charge is 2.11. The molecule has 100 valence electrons. The predicted octanol–water partition coefficient (Wildman–Crippen LogP) is 4.62. The van der Waals surface area contributed by atoms with Crippen molar-refractivity contribution in [2.24, 2.45) is 0 Å². The minimum absolute atomic E-state index is 0.443. The largest absolute Gasteiger partial charge is 0.384 e. The van der Waals surface area contributed by atoms with Gasteiger partial charge in [0.2, 0.25) is 0 Å². The average molecular weight is 335 g/mol. The molecule has 0 bridgehead atoms. The fourth-order valence-electron chi connectivity index (χ4n) is 1.47. The number of nitrogens with two attached hydrogens (primary N) is 1. The van der Waals surface area contributed by atoms with E-state index < -0.39 is 0 Å². The van der Waals surface area contributed by atoms with Gasteiger partial charge >= 0.3 is 0 Å². The van der Waals surface area contributed by atoms with Gasteiger partial charge in [-0.25, -0.2) is 9.97 Å². The van der Waals surface area contributed by atoms with Crippen molar-refractivity contribution in [2.75, 3.05) is 5.73 Å². The molecule has 0 aliphatic rings. The summed E-state index contributed by atoms with van der Waals surface area (Å²) in [4.78, 5) is 8.42. The van der Waals surface area contributed by atoms with Crippen molar-refractivity contribution < 1.29 is 0 Å². The standard InChI is InChI=1S/C12H10Cl3N3S/c1-6-4-10(16)18-12(17-6)19-5-7-8(13)2-3-9(14)11(7)15/h2-4H,5H2,1H3,(H2,16,17,18). The lowest BCUT2D eigenvalue weighted by Gasteiger charge is -2.08. The van der Waals surface area contributed by atoms with E-state index >= 15 is 0 Å². The van der Waals surface area contributed by atoms with E-state index in [0.29, 0.717) is 31.8 Å². The van der Waals surface area contributed by atoms with Gasteiger partial charge in [-0.3, -0.25) is 0 Å². The third-order valence-electron chi connectivity index (χ3n) is 2.34. The van der Waals surface area contributed by atoms with E-state index in [1.165, 1.54) is 11.8 Å². The van der Waals surface area contributed by atoms with Crippen molar-refractivity contribution in [3.63, 3.8) is 0 Å². The van der Waals surface area contributed by atoms with Gasteiger partial charge in [-0.05, 0) is 19.1 Å². The second-order valence-electron chi connectivity index (χ2n) is 3.83. The summed E-state index contributed by atoms with van der Waals surface area (Å²) in [7, 11) is 0. The van der Waals surface area contributed by atoms with Crippen LogP contribution in [0.2, 0.25) is 15.1 Å². The van der Waals surface area contributed by atoms with Gasteiger partial charge in [-0.2, -0.15) is 0 Å². The van der Waals surface area contributed by atoms with Gasteiger partial charge in [-0.1, -0.05) is 46.6 Å². The van der Waals surface area contributed by atoms with E-state index in [1.807, 2.05) is 6.92 Å². The zero-order valence-corrected chi connectivity index (χ0v) is 13.0. The monoisotopic (exact) mass is 333 g/mol. The van der Waals surface area contributed by atoms with E-state index in [0.717, 1.165) is 11.3 Å². The first-order chi connectivity index (χ1) is 8.97. The second kappa shape index (κ2) is 6.18. The first-order valence-corrected chi connectivity index (χ1v) is 7.45. The first-order valence-electron chi connectivity index (χ1n) is 5.33. The van der Waals surface area contributed by atoms with Gasteiger partial charge < -0.3 is 5.73 Å². The molecule has 19 heavy (non-hydrogen) atoms. The second-order valence-corrected chi connectivity index (χ2v) is 5.96. The summed E-state index contributed by atoms with van der Waals surface area (Å²) in [5, 5.41) is 2.10. The third-order valence-corrected chi connectivity index (χ3v) is 4.41. The normalized spacial score (nSPS) is 10.7. The van der Waals surface area contributed by atoms with Crippen molar-refractivity contribution >= 4 is 52.4 Å². The van der Waals surface area contributed by atoms with E-state index in [-0.39, 0.29) is 0 Å². The number of thioether (sulfide) groups is 1. The summed E-state index contributed by atoms with van der Waals surface area (Å²) in [6.07, 6.45) is 0. The molecular weight excluding hydrogens is 325 g/mol. The number of anilines is 1. The number of nitrogens with zero attached hydrogens (tertiary/aromatic N) is 2. The fourth-order valence-corrected chi connectivity index (χ4v) is 3.26. The average Bonchev–Trinajstić information content (AvgIpc) is 2.33. The zero-order chi connectivity index (χ0) is 14.0. The number of benzene rings is 1. The Morgan fingerprint density at radius 3 is 2.53 bits per heavy atom. The summed E-state index contributed by atoms with van der Waals surface area (Å²) in [6, 6.07) is 5.10. The highest BCUT2D eigenvalue weighted by molar-refractivity contribution is 7.98. The molecule has 0 saturated heterocycles. The summed E-state index contributed by atoms with van der Waals surface area (Å²) >= 11 is 19.6. The fraction of sp³-hybridized carbons (Fsp3) is 0.167. The van der Waals surface area contributed by atoms with Crippen LogP contribution in [0, 0.1) is 6.92 Å². The molecule has 2 aromatic rings. The smallest absolute Gasteiger partial charge is 0.190 e. The molecule has 0 aliphatic carbocycles. The van der Waals surface area contributed by atoms with Crippen molar-refractivity contribution in [3.05, 3.63) is 44.5 Å². The summed E-state index contributed by atoms with van der Waals surface area (Å²) in [5.74, 6) is 0.972. The van der Waals surface area contributed by atoms with E-state index in [1.54, 1.807) is 18.2 Å². The van der Waals surface area contributed by atoms with Crippen LogP contribution in [0.15, 0.2) is 23.4 Å². The van der Waals surface area contributed by atoms with Gasteiger partial charge in [0.05, 0.1) is 10.0 Å². The lowest BCUT2D eigenvalue weighted by atomic mass is 10.2. The Bertz CT molecular complexity index is 599. The van der Waals surface area contributed by atoms with Crippen molar-refractivity contribution in [1.82, 2.24) is 9.97 Å². The lowest BCUT2D eigenvalue weighted by Crippen LogP contribution is -1.97. The molecule has 7 heteroatoms. The predicted molar refractivity (Wildman–Crippen MR) is 82.2 cm³/mol. The van der Waals surface area contributed by atoms with Crippen LogP contribution in [0.3, 0.4) is 0 Å². The quantitative estimate of drug-likeness (QED) is 0.505. The van der Waals surface area contributed by atoms with Crippen molar-refractivity contribution in [1.29, 1.82) is 0 Å². The zero-order valence-electron chi connectivity index (χ0n) is 9.95. The number of rotatable bonds is 3. The molecule has 0 saturated carbocycles. The van der Waals surface area contributed by atoms with Crippen LogP contribution in [0.25, 0.3) is 0 Å². The molecule has 0 radical (unpaired) electrons. The van der Waals surface area contributed by atoms with Gasteiger partial charge in [0, 0.05) is 28.1 Å². The SMILES string of the molecule is Cc1cc(N)nc(SCc2c(Cl)ccc(Cl)c2Cl)n1. The topological polar surface area (TPSA) is 51.8 Å². The van der Waals surface area contributed by atoms with Crippen molar-refractivity contribution in [3.8, 4) is 0 Å². The van der Waals surface area contributed by atoms with Crippen LogP contribution in [-0.2, 0) is 5.75 Å². The van der Waals surface area contributed by atoms with Crippen LogP contribution < -0.4 is 5.73 Å². The minimum Gasteiger partial charge on any atom is -0.384 e. The minimum atomic E-state index is 0.443. The number of aryl methyl sites for hydroxylation is 1. The molecule has 1 aromatic heterocycles. The van der Waals surface area contributed by atoms with E-state index in [4.69, 9.17) is 40.5 Å². The number of nitrogen functional groups attached to an aromatic ring is 1. The van der Waals surface area contributed by atoms with Crippen LogP contribution >= 0.6 is 46.6 Å². The molecule has 2 N–H and O–H groups in total. The molecule has 0 spiro atoms. The maximum atomic E-state index is 6.13. The molecule has 0 atom stereocenters. The summed E-state index contributed by atoms with van der Waals surface area (Å²) in [5.41, 5.74) is 7.26. The molecule has 3 nitrogen and oxygen atoms in total. The first kappa shape index (κ1) is 14.7. The Labute approximate surface area is 130 Å². The number of hydrogen-bond acceptors (Lipinski definition) is 4. The molecule has 0 aliphatic heterocycles. The Balaban J connectivity index is 2.21. The Hall–Kier alpha value is -0.680. The van der Waals surface area contributed by atoms with Crippen LogP contribution in [-0.4, -0.2) is 9.97 Å². The molecule has 0 unspecified atom stereocenters. The lowest BCUT2D eigenvalue weighted by molar-refractivity contribution is 0.940. The van der Waals surface area contributed by atoms with Gasteiger partial charge in [0.15, 0.2) is 5.16 Å². The summed E-state index contributed by atoms with van der Waals surface area (Å²) < 4.78 is 0. The maximum absolute atomic E-state index is 6.13. The molecule has 2 rings (SSSR count). The molecule has 0 amide bonds. The number of aromatic nitrogens is 2. The van der Waals surface area contributed by atoms with Gasteiger partial charge in [0.1, 0.15) is 5.82 Å². The van der Waals surface area contributed by atoms with E-state index in [2.05, 4.69) is 9.97 Å². The highest BCUT2D eigenvalue weighted by atomic mass is 35.5. The van der Waals surface area contributed by atoms with E-state index in [9.17, 15) is 0 Å². The van der Waals surface area contributed by atoms with Gasteiger partial charge in [0.25, 0.3) is 0 Å². The van der Waals surface area contributed by atoms with Crippen LogP contribution in [0.1, 0.15) is 11.3 Å². The van der Waals surface area contributed by atoms with Crippen LogP contribution in [0.5, 0.6) is 0 Å². The van der Waals surface area contributed by atoms with Crippen LogP contribution in [0.4, 0.5) is 5.82 Å². The summed E-state index contributed by atoms with van der Waals surface area (Å²) in [6.45, 7) is 1.86. The Morgan fingerprint density at radius 1 is 1.16 bits per heavy atom. The number of hydrogen-bond donors (Lipinski definition) is 1. The van der Waals surface area contributed by atoms with Crippen molar-refractivity contribution in [2.45, 2.75) is 17.8 Å². The van der Waals surface area contributed by atoms with Gasteiger partial charge in [-0.15, -0.1) is 0 Å². The third kappa shape index (κ3) is 3.66. The maximum Gasteiger partial charge on any atom is 0.190 e.